The lowest BCUT2D eigenvalue weighted by Gasteiger charge is -2.27. The molecule has 2 rings (SSSR count). The Morgan fingerprint density at radius 3 is 2.71 bits per heavy atom. The summed E-state index contributed by atoms with van der Waals surface area (Å²) >= 11 is 0. The average molecular weight is 234 g/mol. The topological polar surface area (TPSA) is 94.0 Å². The predicted molar refractivity (Wildman–Crippen MR) is 66.6 cm³/mol. The Labute approximate surface area is 101 Å². The highest BCUT2D eigenvalue weighted by atomic mass is 16.1. The largest absolute Gasteiger partial charge is 0.382 e. The number of nitrogens with one attached hydrogen (secondary N) is 1. The molecule has 5 nitrogen and oxygen atoms in total. The normalized spacial score (nSPS) is 24.3. The molecule has 92 valence electrons. The van der Waals surface area contributed by atoms with Crippen molar-refractivity contribution >= 4 is 11.6 Å². The van der Waals surface area contributed by atoms with Gasteiger partial charge in [-0.15, -0.1) is 0 Å². The van der Waals surface area contributed by atoms with Gasteiger partial charge in [0.2, 0.25) is 0 Å². The van der Waals surface area contributed by atoms with Crippen molar-refractivity contribution in [2.45, 2.75) is 37.8 Å². The van der Waals surface area contributed by atoms with Crippen molar-refractivity contribution in [2.75, 3.05) is 5.32 Å². The maximum absolute atomic E-state index is 11.0. The molecule has 0 aromatic carbocycles. The van der Waals surface area contributed by atoms with Crippen LogP contribution < -0.4 is 16.8 Å². The number of carbonyl (C=O) groups is 1. The molecule has 0 radical (unpaired) electrons. The maximum Gasteiger partial charge on any atom is 0.267 e. The highest BCUT2D eigenvalue weighted by Gasteiger charge is 2.18. The second-order valence-electron chi connectivity index (χ2n) is 4.55. The third kappa shape index (κ3) is 3.17. The molecule has 0 atom stereocenters. The van der Waals surface area contributed by atoms with Gasteiger partial charge in [0.05, 0.1) is 0 Å². The molecule has 5 N–H and O–H groups in total. The first-order valence-corrected chi connectivity index (χ1v) is 5.93. The SMILES string of the molecule is NC(=O)c1cc(NC2CCC(N)CC2)ccn1. The fraction of sp³-hybridized carbons (Fsp3) is 0.500. The zero-order chi connectivity index (χ0) is 12.3. The Morgan fingerprint density at radius 2 is 2.06 bits per heavy atom. The van der Waals surface area contributed by atoms with Gasteiger partial charge < -0.3 is 16.8 Å². The van der Waals surface area contributed by atoms with E-state index in [0.29, 0.717) is 17.8 Å². The molecule has 1 aromatic heterocycles. The molecule has 1 heterocycles. The predicted octanol–water partition coefficient (Wildman–Crippen LogP) is 0.862. The zero-order valence-electron chi connectivity index (χ0n) is 9.73. The highest BCUT2D eigenvalue weighted by Crippen LogP contribution is 2.21. The quantitative estimate of drug-likeness (QED) is 0.723. The van der Waals surface area contributed by atoms with Gasteiger partial charge >= 0.3 is 0 Å². The molecule has 1 aliphatic rings. The lowest BCUT2D eigenvalue weighted by atomic mass is 9.92. The van der Waals surface area contributed by atoms with Gasteiger partial charge in [-0.05, 0) is 37.8 Å². The molecular weight excluding hydrogens is 216 g/mol. The summed E-state index contributed by atoms with van der Waals surface area (Å²) < 4.78 is 0. The number of nitrogens with two attached hydrogens (primary N) is 2. The summed E-state index contributed by atoms with van der Waals surface area (Å²) in [5.74, 6) is -0.501. The summed E-state index contributed by atoms with van der Waals surface area (Å²) in [5, 5.41) is 3.39. The van der Waals surface area contributed by atoms with Crippen LogP contribution in [0, 0.1) is 0 Å². The van der Waals surface area contributed by atoms with Crippen LogP contribution in [0.15, 0.2) is 18.3 Å². The van der Waals surface area contributed by atoms with E-state index in [1.54, 1.807) is 12.3 Å². The van der Waals surface area contributed by atoms with E-state index in [1.807, 2.05) is 6.07 Å². The Kier molecular flexibility index (Phi) is 3.58. The summed E-state index contributed by atoms with van der Waals surface area (Å²) in [6.07, 6.45) is 5.82. The number of hydrogen-bond acceptors (Lipinski definition) is 4. The van der Waals surface area contributed by atoms with Crippen LogP contribution in [0.3, 0.4) is 0 Å². The van der Waals surface area contributed by atoms with E-state index >= 15 is 0 Å². The van der Waals surface area contributed by atoms with Crippen LogP contribution in [0.4, 0.5) is 5.69 Å². The van der Waals surface area contributed by atoms with Gasteiger partial charge in [-0.25, -0.2) is 0 Å². The Hall–Kier alpha value is -1.62. The van der Waals surface area contributed by atoms with Crippen molar-refractivity contribution in [3.8, 4) is 0 Å². The van der Waals surface area contributed by atoms with Crippen molar-refractivity contribution in [1.82, 2.24) is 4.98 Å². The minimum absolute atomic E-state index is 0.294. The third-order valence-electron chi connectivity index (χ3n) is 3.16. The molecule has 0 spiro atoms. The van der Waals surface area contributed by atoms with Crippen molar-refractivity contribution in [1.29, 1.82) is 0 Å². The van der Waals surface area contributed by atoms with E-state index in [1.165, 1.54) is 0 Å². The van der Waals surface area contributed by atoms with Gasteiger partial charge in [-0.2, -0.15) is 0 Å². The highest BCUT2D eigenvalue weighted by molar-refractivity contribution is 5.91. The van der Waals surface area contributed by atoms with Crippen LogP contribution in [0.25, 0.3) is 0 Å². The van der Waals surface area contributed by atoms with Gasteiger partial charge in [0.1, 0.15) is 5.69 Å². The molecule has 1 aliphatic carbocycles. The average Bonchev–Trinajstić information content (AvgIpc) is 2.32. The fourth-order valence-electron chi connectivity index (χ4n) is 2.15. The first-order valence-electron chi connectivity index (χ1n) is 5.93. The molecule has 1 aromatic rings. The molecular formula is C12H18N4O. The number of hydrogen-bond donors (Lipinski definition) is 3. The number of nitrogens with zero attached hydrogens (tertiary/aromatic N) is 1. The number of anilines is 1. The molecule has 17 heavy (non-hydrogen) atoms. The minimum atomic E-state index is -0.501. The summed E-state index contributed by atoms with van der Waals surface area (Å²) in [4.78, 5) is 14.9. The molecule has 1 fully saturated rings. The number of pyridine rings is 1. The molecule has 1 amide bonds. The number of primary amides is 1. The molecule has 0 saturated heterocycles. The molecule has 0 unspecified atom stereocenters. The molecule has 0 aliphatic heterocycles. The van der Waals surface area contributed by atoms with Crippen LogP contribution in [-0.2, 0) is 0 Å². The van der Waals surface area contributed by atoms with Crippen molar-refractivity contribution in [2.24, 2.45) is 11.5 Å². The summed E-state index contributed by atoms with van der Waals surface area (Å²) in [7, 11) is 0. The first-order chi connectivity index (χ1) is 8.15. The van der Waals surface area contributed by atoms with Crippen molar-refractivity contribution in [3.63, 3.8) is 0 Å². The van der Waals surface area contributed by atoms with Gasteiger partial charge in [0.25, 0.3) is 5.91 Å². The number of amides is 1. The summed E-state index contributed by atoms with van der Waals surface area (Å²) in [6.45, 7) is 0. The van der Waals surface area contributed by atoms with Crippen LogP contribution in [0.2, 0.25) is 0 Å². The van der Waals surface area contributed by atoms with E-state index in [4.69, 9.17) is 11.5 Å². The van der Waals surface area contributed by atoms with Gasteiger partial charge in [-0.3, -0.25) is 9.78 Å². The molecule has 5 heteroatoms. The van der Waals surface area contributed by atoms with E-state index in [2.05, 4.69) is 10.3 Å². The smallest absolute Gasteiger partial charge is 0.267 e. The lowest BCUT2D eigenvalue weighted by Crippen LogP contribution is -2.32. The first kappa shape index (κ1) is 11.9. The van der Waals surface area contributed by atoms with E-state index in [0.717, 1.165) is 31.4 Å². The maximum atomic E-state index is 11.0. The Balaban J connectivity index is 1.98. The minimum Gasteiger partial charge on any atom is -0.382 e. The van der Waals surface area contributed by atoms with Crippen LogP contribution in [0.5, 0.6) is 0 Å². The van der Waals surface area contributed by atoms with Crippen LogP contribution in [0.1, 0.15) is 36.2 Å². The van der Waals surface area contributed by atoms with Gasteiger partial charge in [0.15, 0.2) is 0 Å². The van der Waals surface area contributed by atoms with E-state index in [-0.39, 0.29) is 0 Å². The zero-order valence-corrected chi connectivity index (χ0v) is 9.73. The monoisotopic (exact) mass is 234 g/mol. The molecule has 0 bridgehead atoms. The van der Waals surface area contributed by atoms with E-state index in [9.17, 15) is 4.79 Å². The second-order valence-corrected chi connectivity index (χ2v) is 4.55. The Bertz CT molecular complexity index is 399. The number of rotatable bonds is 3. The summed E-state index contributed by atoms with van der Waals surface area (Å²) in [6, 6.07) is 4.31. The standard InChI is InChI=1S/C12H18N4O/c13-8-1-3-9(4-2-8)16-10-5-6-15-11(7-10)12(14)17/h5-9H,1-4,13H2,(H2,14,17)(H,15,16). The van der Waals surface area contributed by atoms with E-state index < -0.39 is 5.91 Å². The van der Waals surface area contributed by atoms with Crippen molar-refractivity contribution < 1.29 is 4.79 Å². The third-order valence-corrected chi connectivity index (χ3v) is 3.16. The fourth-order valence-corrected chi connectivity index (χ4v) is 2.15. The number of aromatic nitrogens is 1. The summed E-state index contributed by atoms with van der Waals surface area (Å²) in [5.41, 5.74) is 12.2. The van der Waals surface area contributed by atoms with Gasteiger partial charge in [-0.1, -0.05) is 0 Å². The van der Waals surface area contributed by atoms with Crippen LogP contribution >= 0.6 is 0 Å². The van der Waals surface area contributed by atoms with Crippen molar-refractivity contribution in [3.05, 3.63) is 24.0 Å². The second kappa shape index (κ2) is 5.14. The lowest BCUT2D eigenvalue weighted by molar-refractivity contribution is 0.0995. The Morgan fingerprint density at radius 1 is 1.35 bits per heavy atom. The van der Waals surface area contributed by atoms with Gasteiger partial charge in [0, 0.05) is 24.0 Å². The molecule has 1 saturated carbocycles. The number of carbonyl (C=O) groups excluding carboxylic acids is 1. The van der Waals surface area contributed by atoms with Crippen LogP contribution in [-0.4, -0.2) is 23.0 Å².